The smallest absolute Gasteiger partial charge is 0.249 e. The molecule has 3 aliphatic heterocycles. The van der Waals surface area contributed by atoms with Crippen LogP contribution in [0.25, 0.3) is 0 Å². The summed E-state index contributed by atoms with van der Waals surface area (Å²) >= 11 is 3.79. The summed E-state index contributed by atoms with van der Waals surface area (Å²) in [4.78, 5) is 49.2. The number of benzene rings is 3. The Labute approximate surface area is 295 Å². The fraction of sp³-hybridized carbons (Fsp3) is 0.359. The molecule has 256 valence electrons. The Bertz CT molecular complexity index is 1670. The average molecular weight is 729 g/mol. The van der Waals surface area contributed by atoms with Crippen LogP contribution in [0.1, 0.15) is 30.5 Å². The minimum atomic E-state index is -1.32. The number of alkyl halides is 1. The van der Waals surface area contributed by atoms with Crippen molar-refractivity contribution in [2.45, 2.75) is 48.5 Å². The third kappa shape index (κ3) is 6.22. The first kappa shape index (κ1) is 34.6. The molecule has 2 bridgehead atoms. The largest absolute Gasteiger partial charge is 0.494 e. The Balaban J connectivity index is 1.44. The Hall–Kier alpha value is -4.25. The molecule has 3 aromatic rings. The van der Waals surface area contributed by atoms with Gasteiger partial charge < -0.3 is 29.3 Å². The monoisotopic (exact) mass is 727 g/mol. The van der Waals surface area contributed by atoms with E-state index in [2.05, 4.69) is 29.1 Å². The maximum absolute atomic E-state index is 15.0. The molecule has 3 aromatic carbocycles. The summed E-state index contributed by atoms with van der Waals surface area (Å²) in [7, 11) is 0. The molecule has 7 atom stereocenters. The summed E-state index contributed by atoms with van der Waals surface area (Å²) < 4.78 is 12.4. The third-order valence-electron chi connectivity index (χ3n) is 9.85. The number of anilines is 1. The summed E-state index contributed by atoms with van der Waals surface area (Å²) in [6.45, 7) is 10.5. The zero-order chi connectivity index (χ0) is 34.7. The van der Waals surface area contributed by atoms with Gasteiger partial charge in [0.25, 0.3) is 0 Å². The van der Waals surface area contributed by atoms with Gasteiger partial charge in [0.1, 0.15) is 17.4 Å². The molecule has 9 nitrogen and oxygen atoms in total. The van der Waals surface area contributed by atoms with Crippen LogP contribution in [-0.4, -0.2) is 81.5 Å². The predicted octanol–water partition coefficient (Wildman–Crippen LogP) is 5.30. The predicted molar refractivity (Wildman–Crippen MR) is 191 cm³/mol. The number of halogens is 1. The molecule has 0 aromatic heterocycles. The number of fused-ring (bicyclic) bond motifs is 1. The number of hydrogen-bond donors (Lipinski definition) is 1. The number of aliphatic hydroxyl groups is 1. The minimum Gasteiger partial charge on any atom is -0.494 e. The van der Waals surface area contributed by atoms with Gasteiger partial charge in [-0.3, -0.25) is 14.4 Å². The average Bonchev–Trinajstić information content (AvgIpc) is 3.71. The highest BCUT2D eigenvalue weighted by Gasteiger charge is 2.77. The lowest BCUT2D eigenvalue weighted by molar-refractivity contribution is -0.151. The van der Waals surface area contributed by atoms with Gasteiger partial charge in [-0.05, 0) is 48.7 Å². The van der Waals surface area contributed by atoms with Crippen LogP contribution in [0.15, 0.2) is 110 Å². The lowest BCUT2D eigenvalue weighted by Crippen LogP contribution is -2.57. The minimum absolute atomic E-state index is 0.205. The SMILES string of the molecule is C=CCN(Cc1ccccc1)C(=O)C1N([C@H](CO)c2ccccc2)C(=O)[C@@H]2[C@@H](C(=O)N(CC=C)c3ccc(OCC)cc3)[C@@H]3OC12CC3Br. The van der Waals surface area contributed by atoms with Gasteiger partial charge in [0.15, 0.2) is 0 Å². The maximum atomic E-state index is 15.0. The van der Waals surface area contributed by atoms with Crippen molar-refractivity contribution in [3.05, 3.63) is 121 Å². The van der Waals surface area contributed by atoms with Crippen LogP contribution in [0, 0.1) is 11.8 Å². The van der Waals surface area contributed by atoms with Crippen molar-refractivity contribution in [1.82, 2.24) is 9.80 Å². The Morgan fingerprint density at radius 3 is 2.29 bits per heavy atom. The first-order chi connectivity index (χ1) is 23.8. The van der Waals surface area contributed by atoms with Crippen LogP contribution in [0.5, 0.6) is 5.75 Å². The zero-order valence-electron chi connectivity index (χ0n) is 27.6. The number of carbonyl (C=O) groups excluding carboxylic acids is 3. The molecule has 1 spiro atoms. The molecule has 10 heteroatoms. The molecule has 3 fully saturated rings. The first-order valence-electron chi connectivity index (χ1n) is 16.7. The molecule has 3 amide bonds. The van der Waals surface area contributed by atoms with Crippen molar-refractivity contribution in [2.24, 2.45) is 11.8 Å². The van der Waals surface area contributed by atoms with Gasteiger partial charge in [-0.15, -0.1) is 13.2 Å². The fourth-order valence-electron chi connectivity index (χ4n) is 7.88. The number of nitrogens with zero attached hydrogens (tertiary/aromatic N) is 3. The molecule has 3 unspecified atom stereocenters. The highest BCUT2D eigenvalue weighted by molar-refractivity contribution is 9.09. The molecule has 1 N–H and O–H groups in total. The van der Waals surface area contributed by atoms with Gasteiger partial charge in [-0.2, -0.15) is 0 Å². The maximum Gasteiger partial charge on any atom is 0.249 e. The van der Waals surface area contributed by atoms with E-state index in [4.69, 9.17) is 9.47 Å². The topological polar surface area (TPSA) is 99.6 Å². The Morgan fingerprint density at radius 2 is 1.67 bits per heavy atom. The number of ether oxygens (including phenoxy) is 2. The standard InChI is InChI=1S/C39H42BrN3O6/c1-4-21-41(24-26-13-9-7-10-14-26)38(47)35-39-23-30(40)34(49-39)32(33(39)37(46)43(35)31(25-44)27-15-11-8-12-16-27)36(45)42(22-5-2)28-17-19-29(20-18-28)48-6-3/h4-5,7-20,30-35,44H,1-2,6,21-25H2,3H3/t30?,31-,32-,33+,34-,35?,39?/m1/s1. The van der Waals surface area contributed by atoms with Gasteiger partial charge in [-0.1, -0.05) is 88.7 Å². The zero-order valence-corrected chi connectivity index (χ0v) is 29.2. The van der Waals surface area contributed by atoms with Gasteiger partial charge in [-0.25, -0.2) is 0 Å². The Kier molecular flexibility index (Phi) is 10.4. The van der Waals surface area contributed by atoms with E-state index < -0.39 is 42.2 Å². The molecule has 0 saturated carbocycles. The molecular weight excluding hydrogens is 686 g/mol. The van der Waals surface area contributed by atoms with Crippen molar-refractivity contribution in [3.63, 3.8) is 0 Å². The van der Waals surface area contributed by atoms with E-state index >= 15 is 0 Å². The lowest BCUT2D eigenvalue weighted by atomic mass is 9.70. The second-order valence-electron chi connectivity index (χ2n) is 12.7. The molecule has 6 rings (SSSR count). The summed E-state index contributed by atoms with van der Waals surface area (Å²) in [6, 6.07) is 24.1. The quantitative estimate of drug-likeness (QED) is 0.179. The van der Waals surface area contributed by atoms with Gasteiger partial charge in [0, 0.05) is 30.1 Å². The molecule has 0 radical (unpaired) electrons. The van der Waals surface area contributed by atoms with Gasteiger partial charge in [0.05, 0.1) is 37.2 Å². The Morgan fingerprint density at radius 1 is 1.02 bits per heavy atom. The van der Waals surface area contributed by atoms with E-state index in [9.17, 15) is 19.5 Å². The molecule has 3 aliphatic rings. The fourth-order valence-corrected chi connectivity index (χ4v) is 8.82. The van der Waals surface area contributed by atoms with Crippen molar-refractivity contribution in [2.75, 3.05) is 31.2 Å². The summed E-state index contributed by atoms with van der Waals surface area (Å²) in [5.74, 6) is -2.17. The van der Waals surface area contributed by atoms with E-state index in [1.807, 2.05) is 79.7 Å². The van der Waals surface area contributed by atoms with Crippen LogP contribution >= 0.6 is 15.9 Å². The number of hydrogen-bond acceptors (Lipinski definition) is 6. The van der Waals surface area contributed by atoms with Crippen molar-refractivity contribution in [3.8, 4) is 5.75 Å². The van der Waals surface area contributed by atoms with Crippen LogP contribution in [0.4, 0.5) is 5.69 Å². The number of rotatable bonds is 14. The second kappa shape index (κ2) is 14.7. The van der Waals surface area contributed by atoms with Crippen LogP contribution in [-0.2, 0) is 25.7 Å². The van der Waals surface area contributed by atoms with E-state index in [-0.39, 0.29) is 42.2 Å². The van der Waals surface area contributed by atoms with Crippen molar-refractivity contribution >= 4 is 39.3 Å². The molecule has 3 heterocycles. The molecular formula is C39H42BrN3O6. The molecule has 0 aliphatic carbocycles. The van der Waals surface area contributed by atoms with Crippen LogP contribution < -0.4 is 9.64 Å². The van der Waals surface area contributed by atoms with Crippen molar-refractivity contribution in [1.29, 1.82) is 0 Å². The number of carbonyl (C=O) groups is 3. The summed E-state index contributed by atoms with van der Waals surface area (Å²) in [5, 5.41) is 10.9. The highest BCUT2D eigenvalue weighted by Crippen LogP contribution is 2.61. The highest BCUT2D eigenvalue weighted by atomic mass is 79.9. The van der Waals surface area contributed by atoms with Gasteiger partial charge >= 0.3 is 0 Å². The van der Waals surface area contributed by atoms with Crippen LogP contribution in [0.3, 0.4) is 0 Å². The van der Waals surface area contributed by atoms with E-state index in [1.165, 1.54) is 4.90 Å². The van der Waals surface area contributed by atoms with E-state index in [0.717, 1.165) is 5.56 Å². The van der Waals surface area contributed by atoms with E-state index in [1.54, 1.807) is 34.1 Å². The first-order valence-corrected chi connectivity index (χ1v) is 17.6. The van der Waals surface area contributed by atoms with Crippen LogP contribution in [0.2, 0.25) is 0 Å². The number of amides is 3. The number of aliphatic hydroxyl groups excluding tert-OH is 1. The van der Waals surface area contributed by atoms with E-state index in [0.29, 0.717) is 30.0 Å². The normalized spacial score (nSPS) is 25.8. The molecule has 3 saturated heterocycles. The lowest BCUT2D eigenvalue weighted by Gasteiger charge is -2.39. The molecule has 49 heavy (non-hydrogen) atoms. The number of likely N-dealkylation sites (tertiary alicyclic amines) is 1. The summed E-state index contributed by atoms with van der Waals surface area (Å²) in [6.07, 6.45) is 3.00. The van der Waals surface area contributed by atoms with Crippen molar-refractivity contribution < 1.29 is 29.0 Å². The third-order valence-corrected chi connectivity index (χ3v) is 10.7. The summed E-state index contributed by atoms with van der Waals surface area (Å²) in [5.41, 5.74) is 0.914. The second-order valence-corrected chi connectivity index (χ2v) is 13.9. The van der Waals surface area contributed by atoms with Gasteiger partial charge in [0.2, 0.25) is 17.7 Å².